The number of ether oxygens (including phenoxy) is 3. The predicted molar refractivity (Wildman–Crippen MR) is 93.8 cm³/mol. The van der Waals surface area contributed by atoms with E-state index in [0.717, 1.165) is 15.6 Å². The number of para-hydroxylation sites is 2. The maximum Gasteiger partial charge on any atom is 0.358 e. The Hall–Kier alpha value is -2.67. The Morgan fingerprint density at radius 1 is 1.12 bits per heavy atom. The molecule has 0 aliphatic carbocycles. The van der Waals surface area contributed by atoms with Gasteiger partial charge in [-0.2, -0.15) is 0 Å². The summed E-state index contributed by atoms with van der Waals surface area (Å²) in [6, 6.07) is 11.0. The number of halogens is 1. The summed E-state index contributed by atoms with van der Waals surface area (Å²) in [5, 5.41) is 0. The van der Waals surface area contributed by atoms with E-state index in [1.54, 1.807) is 12.1 Å². The van der Waals surface area contributed by atoms with Crippen LogP contribution in [-0.4, -0.2) is 29.2 Å². The van der Waals surface area contributed by atoms with Crippen molar-refractivity contribution in [3.63, 3.8) is 0 Å². The number of benzene rings is 2. The third-order valence-electron chi connectivity index (χ3n) is 3.73. The number of aromatic nitrogens is 2. The first kappa shape index (κ1) is 15.8. The highest BCUT2D eigenvalue weighted by molar-refractivity contribution is 9.10. The van der Waals surface area contributed by atoms with Gasteiger partial charge in [0, 0.05) is 10.0 Å². The van der Waals surface area contributed by atoms with E-state index in [-0.39, 0.29) is 12.3 Å². The Balaban J connectivity index is 1.51. The summed E-state index contributed by atoms with van der Waals surface area (Å²) in [6.07, 6.45) is 1.42. The summed E-state index contributed by atoms with van der Waals surface area (Å²) in [5.41, 5.74) is 2.34. The third kappa shape index (κ3) is 3.28. The van der Waals surface area contributed by atoms with Gasteiger partial charge in [-0.15, -0.1) is 0 Å². The number of esters is 1. The average Bonchev–Trinajstić information content (AvgIpc) is 2.65. The molecule has 0 atom stereocenters. The molecule has 0 radical (unpaired) electrons. The van der Waals surface area contributed by atoms with Gasteiger partial charge in [-0.3, -0.25) is 4.98 Å². The van der Waals surface area contributed by atoms with Gasteiger partial charge in [0.25, 0.3) is 0 Å². The summed E-state index contributed by atoms with van der Waals surface area (Å²) in [5.74, 6) is 0.791. The van der Waals surface area contributed by atoms with Crippen molar-refractivity contribution in [2.75, 3.05) is 13.2 Å². The summed E-state index contributed by atoms with van der Waals surface area (Å²) in [7, 11) is 0. The van der Waals surface area contributed by atoms with Crippen LogP contribution in [0.15, 0.2) is 47.1 Å². The number of carbonyl (C=O) groups excluding carboxylic acids is 1. The van der Waals surface area contributed by atoms with Gasteiger partial charge < -0.3 is 14.2 Å². The average molecular weight is 401 g/mol. The second kappa shape index (κ2) is 6.68. The first-order valence-corrected chi connectivity index (χ1v) is 8.47. The van der Waals surface area contributed by atoms with Crippen LogP contribution in [0.4, 0.5) is 0 Å². The van der Waals surface area contributed by atoms with Crippen LogP contribution in [0.5, 0.6) is 11.5 Å². The number of fused-ring (bicyclic) bond motifs is 2. The Morgan fingerprint density at radius 2 is 1.84 bits per heavy atom. The molecule has 2 heterocycles. The molecule has 3 aromatic rings. The number of hydrogen-bond donors (Lipinski definition) is 0. The topological polar surface area (TPSA) is 70.5 Å². The molecule has 0 N–H and O–H groups in total. The number of carbonyl (C=O) groups is 1. The van der Waals surface area contributed by atoms with E-state index in [2.05, 4.69) is 25.9 Å². The van der Waals surface area contributed by atoms with E-state index >= 15 is 0 Å². The molecule has 1 aliphatic rings. The molecule has 0 unspecified atom stereocenters. The molecule has 7 heteroatoms. The molecule has 6 nitrogen and oxygen atoms in total. The van der Waals surface area contributed by atoms with Crippen LogP contribution in [0.25, 0.3) is 11.0 Å². The molecule has 1 aromatic heterocycles. The fourth-order valence-electron chi connectivity index (χ4n) is 2.49. The van der Waals surface area contributed by atoms with E-state index < -0.39 is 5.97 Å². The predicted octanol–water partition coefficient (Wildman–Crippen LogP) is 3.52. The molecule has 2 aromatic carbocycles. The molecular weight excluding hydrogens is 388 g/mol. The first-order chi connectivity index (χ1) is 12.2. The zero-order chi connectivity index (χ0) is 17.2. The van der Waals surface area contributed by atoms with Gasteiger partial charge in [0.15, 0.2) is 17.2 Å². The largest absolute Gasteiger partial charge is 0.486 e. The lowest BCUT2D eigenvalue weighted by Crippen LogP contribution is -2.16. The molecule has 25 heavy (non-hydrogen) atoms. The van der Waals surface area contributed by atoms with Gasteiger partial charge in [0.2, 0.25) is 0 Å². The lowest BCUT2D eigenvalue weighted by molar-refractivity contribution is 0.0464. The monoisotopic (exact) mass is 400 g/mol. The Labute approximate surface area is 151 Å². The minimum atomic E-state index is -0.528. The van der Waals surface area contributed by atoms with Crippen LogP contribution in [0.2, 0.25) is 0 Å². The second-order valence-corrected chi connectivity index (χ2v) is 6.26. The molecule has 0 amide bonds. The number of hydrogen-bond acceptors (Lipinski definition) is 6. The molecule has 0 fully saturated rings. The van der Waals surface area contributed by atoms with Crippen LogP contribution in [0.3, 0.4) is 0 Å². The van der Waals surface area contributed by atoms with Crippen LogP contribution >= 0.6 is 15.9 Å². The van der Waals surface area contributed by atoms with Crippen molar-refractivity contribution in [3.05, 3.63) is 58.3 Å². The maximum absolute atomic E-state index is 12.3. The van der Waals surface area contributed by atoms with Crippen molar-refractivity contribution in [2.24, 2.45) is 0 Å². The highest BCUT2D eigenvalue weighted by atomic mass is 79.9. The van der Waals surface area contributed by atoms with Crippen molar-refractivity contribution >= 4 is 32.9 Å². The summed E-state index contributed by atoms with van der Waals surface area (Å²) >= 11 is 3.46. The summed E-state index contributed by atoms with van der Waals surface area (Å²) in [6.45, 7) is 1.11. The molecule has 0 saturated heterocycles. The normalized spacial score (nSPS) is 12.8. The van der Waals surface area contributed by atoms with Crippen LogP contribution in [-0.2, 0) is 11.3 Å². The summed E-state index contributed by atoms with van der Waals surface area (Å²) in [4.78, 5) is 20.8. The molecular formula is C18H13BrN2O4. The van der Waals surface area contributed by atoms with Gasteiger partial charge >= 0.3 is 5.97 Å². The molecule has 4 rings (SSSR count). The zero-order valence-corrected chi connectivity index (χ0v) is 14.7. The molecule has 0 spiro atoms. The molecule has 1 aliphatic heterocycles. The van der Waals surface area contributed by atoms with E-state index in [0.29, 0.717) is 30.2 Å². The lowest BCUT2D eigenvalue weighted by Gasteiger charge is -2.19. The van der Waals surface area contributed by atoms with Gasteiger partial charge in [-0.05, 0) is 24.3 Å². The van der Waals surface area contributed by atoms with Crippen LogP contribution in [0, 0.1) is 0 Å². The Morgan fingerprint density at radius 3 is 2.64 bits per heavy atom. The molecule has 0 saturated carbocycles. The maximum atomic E-state index is 12.3. The standard InChI is InChI=1S/C18H13BrN2O4/c19-12-8-17-16(23-5-6-24-17)7-11(12)10-25-18(22)15-9-20-13-3-1-2-4-14(13)21-15/h1-4,7-9H,5-6,10H2. The minimum Gasteiger partial charge on any atom is -0.486 e. The van der Waals surface area contributed by atoms with Crippen molar-refractivity contribution in [1.82, 2.24) is 9.97 Å². The van der Waals surface area contributed by atoms with Crippen molar-refractivity contribution in [1.29, 1.82) is 0 Å². The van der Waals surface area contributed by atoms with E-state index in [1.807, 2.05) is 24.3 Å². The number of rotatable bonds is 3. The van der Waals surface area contributed by atoms with Crippen LogP contribution < -0.4 is 9.47 Å². The van der Waals surface area contributed by atoms with Crippen molar-refractivity contribution in [2.45, 2.75) is 6.61 Å². The number of nitrogens with zero attached hydrogens (tertiary/aromatic N) is 2. The quantitative estimate of drug-likeness (QED) is 0.626. The fraction of sp³-hybridized carbons (Fsp3) is 0.167. The van der Waals surface area contributed by atoms with Gasteiger partial charge in [0.1, 0.15) is 19.8 Å². The van der Waals surface area contributed by atoms with Crippen molar-refractivity contribution < 1.29 is 19.0 Å². The summed E-state index contributed by atoms with van der Waals surface area (Å²) < 4.78 is 17.2. The molecule has 126 valence electrons. The highest BCUT2D eigenvalue weighted by Gasteiger charge is 2.17. The second-order valence-electron chi connectivity index (χ2n) is 5.41. The fourth-order valence-corrected chi connectivity index (χ4v) is 2.93. The van der Waals surface area contributed by atoms with E-state index in [4.69, 9.17) is 14.2 Å². The van der Waals surface area contributed by atoms with Gasteiger partial charge in [-0.1, -0.05) is 28.1 Å². The highest BCUT2D eigenvalue weighted by Crippen LogP contribution is 2.35. The van der Waals surface area contributed by atoms with Gasteiger partial charge in [0.05, 0.1) is 17.2 Å². The lowest BCUT2D eigenvalue weighted by atomic mass is 10.2. The van der Waals surface area contributed by atoms with E-state index in [9.17, 15) is 4.79 Å². The zero-order valence-electron chi connectivity index (χ0n) is 13.1. The van der Waals surface area contributed by atoms with Gasteiger partial charge in [-0.25, -0.2) is 9.78 Å². The van der Waals surface area contributed by atoms with E-state index in [1.165, 1.54) is 6.20 Å². The minimum absolute atomic E-state index is 0.0879. The Bertz CT molecular complexity index is 961. The van der Waals surface area contributed by atoms with Crippen molar-refractivity contribution in [3.8, 4) is 11.5 Å². The molecule has 0 bridgehead atoms. The first-order valence-electron chi connectivity index (χ1n) is 7.67. The van der Waals surface area contributed by atoms with Crippen LogP contribution in [0.1, 0.15) is 16.1 Å². The SMILES string of the molecule is O=C(OCc1cc2c(cc1Br)OCCO2)c1cnc2ccccc2n1. The Kier molecular flexibility index (Phi) is 4.23. The third-order valence-corrected chi connectivity index (χ3v) is 4.47. The smallest absolute Gasteiger partial charge is 0.358 e.